The summed E-state index contributed by atoms with van der Waals surface area (Å²) in [4.78, 5) is 6.89. The average Bonchev–Trinajstić information content (AvgIpc) is 2.88. The molecule has 2 rings (SSSR count). The molecule has 0 saturated carbocycles. The lowest BCUT2D eigenvalue weighted by molar-refractivity contribution is -0.132. The first-order valence-electron chi connectivity index (χ1n) is 9.85. The number of hydrogen-bond acceptors (Lipinski definition) is 2. The molecule has 4 nitrogen and oxygen atoms in total. The van der Waals surface area contributed by atoms with Crippen molar-refractivity contribution in [1.82, 2.24) is 15.5 Å². The lowest BCUT2D eigenvalue weighted by Gasteiger charge is -2.19. The van der Waals surface area contributed by atoms with E-state index in [9.17, 15) is 13.2 Å². The van der Waals surface area contributed by atoms with Crippen LogP contribution in [0.2, 0.25) is 0 Å². The van der Waals surface area contributed by atoms with E-state index in [0.717, 1.165) is 12.1 Å². The van der Waals surface area contributed by atoms with Gasteiger partial charge >= 0.3 is 6.18 Å². The van der Waals surface area contributed by atoms with E-state index in [1.54, 1.807) is 0 Å². The van der Waals surface area contributed by atoms with Gasteiger partial charge in [-0.2, -0.15) is 13.2 Å². The molecule has 1 aliphatic heterocycles. The molecule has 8 heteroatoms. The average molecular weight is 512 g/mol. The van der Waals surface area contributed by atoms with Gasteiger partial charge in [-0.3, -0.25) is 4.90 Å². The number of benzene rings is 1. The molecular weight excluding hydrogens is 480 g/mol. The van der Waals surface area contributed by atoms with Crippen LogP contribution in [0.1, 0.15) is 50.2 Å². The first kappa shape index (κ1) is 25.0. The quantitative estimate of drug-likeness (QED) is 0.317. The van der Waals surface area contributed by atoms with E-state index in [-0.39, 0.29) is 30.5 Å². The number of halogens is 4. The van der Waals surface area contributed by atoms with Gasteiger partial charge in [0.2, 0.25) is 0 Å². The Kier molecular flexibility index (Phi) is 11.8. The Balaban J connectivity index is 0.00000392. The van der Waals surface area contributed by atoms with E-state index in [0.29, 0.717) is 19.0 Å². The standard InChI is InChI=1S/C20H31F3N4.HI/c1-2-24-19(25-12-11-20(21,22)23)26-15-17-7-9-18(10-8-17)16-27-13-5-3-4-6-14-27;/h7-10H,2-6,11-16H2,1H3,(H2,24,25,26);1H. The lowest BCUT2D eigenvalue weighted by atomic mass is 10.1. The van der Waals surface area contributed by atoms with E-state index < -0.39 is 12.6 Å². The van der Waals surface area contributed by atoms with Gasteiger partial charge in [-0.25, -0.2) is 4.99 Å². The normalized spacial score (nSPS) is 16.2. The third-order valence-corrected chi connectivity index (χ3v) is 4.59. The number of nitrogens with zero attached hydrogens (tertiary/aromatic N) is 2. The summed E-state index contributed by atoms with van der Waals surface area (Å²) in [5.41, 5.74) is 2.34. The molecule has 0 amide bonds. The SMILES string of the molecule is CCNC(=NCc1ccc(CN2CCCCCC2)cc1)NCCC(F)(F)F.I. The molecular formula is C20H32F3IN4. The fourth-order valence-corrected chi connectivity index (χ4v) is 3.14. The van der Waals surface area contributed by atoms with Crippen molar-refractivity contribution in [3.63, 3.8) is 0 Å². The Bertz CT molecular complexity index is 568. The van der Waals surface area contributed by atoms with Gasteiger partial charge in [-0.1, -0.05) is 37.1 Å². The summed E-state index contributed by atoms with van der Waals surface area (Å²) < 4.78 is 36.8. The van der Waals surface area contributed by atoms with Crippen molar-refractivity contribution in [2.24, 2.45) is 4.99 Å². The number of nitrogens with one attached hydrogen (secondary N) is 2. The Morgan fingerprint density at radius 2 is 1.61 bits per heavy atom. The number of rotatable bonds is 7. The molecule has 28 heavy (non-hydrogen) atoms. The third-order valence-electron chi connectivity index (χ3n) is 4.59. The van der Waals surface area contributed by atoms with Crippen molar-refractivity contribution in [2.45, 2.75) is 58.3 Å². The van der Waals surface area contributed by atoms with Crippen molar-refractivity contribution in [3.8, 4) is 0 Å². The summed E-state index contributed by atoms with van der Waals surface area (Å²) in [5, 5.41) is 5.71. The maximum absolute atomic E-state index is 12.3. The van der Waals surface area contributed by atoms with Crippen molar-refractivity contribution in [3.05, 3.63) is 35.4 Å². The van der Waals surface area contributed by atoms with Gasteiger partial charge in [-0.15, -0.1) is 24.0 Å². The second-order valence-corrected chi connectivity index (χ2v) is 6.99. The minimum absolute atomic E-state index is 0. The van der Waals surface area contributed by atoms with Crippen molar-refractivity contribution in [2.75, 3.05) is 26.2 Å². The van der Waals surface area contributed by atoms with E-state index in [2.05, 4.69) is 44.8 Å². The lowest BCUT2D eigenvalue weighted by Crippen LogP contribution is -2.38. The van der Waals surface area contributed by atoms with Crippen molar-refractivity contribution >= 4 is 29.9 Å². The molecule has 0 aliphatic carbocycles. The minimum atomic E-state index is -4.16. The molecule has 1 aromatic carbocycles. The second kappa shape index (κ2) is 13.2. The Hall–Kier alpha value is -1.03. The van der Waals surface area contributed by atoms with Crippen molar-refractivity contribution < 1.29 is 13.2 Å². The van der Waals surface area contributed by atoms with Crippen LogP contribution >= 0.6 is 24.0 Å². The predicted molar refractivity (Wildman–Crippen MR) is 119 cm³/mol. The van der Waals surface area contributed by atoms with Gasteiger partial charge in [0.25, 0.3) is 0 Å². The molecule has 0 bridgehead atoms. The first-order valence-corrected chi connectivity index (χ1v) is 9.85. The zero-order chi connectivity index (χ0) is 19.5. The van der Waals surface area contributed by atoms with Gasteiger partial charge in [0.05, 0.1) is 13.0 Å². The van der Waals surface area contributed by atoms with Gasteiger partial charge in [0, 0.05) is 19.6 Å². The van der Waals surface area contributed by atoms with E-state index in [1.165, 1.54) is 44.3 Å². The van der Waals surface area contributed by atoms with Crippen molar-refractivity contribution in [1.29, 1.82) is 0 Å². The van der Waals surface area contributed by atoms with Gasteiger partial charge < -0.3 is 10.6 Å². The van der Waals surface area contributed by atoms with Crippen LogP contribution in [-0.4, -0.2) is 43.2 Å². The molecule has 1 saturated heterocycles. The highest BCUT2D eigenvalue weighted by atomic mass is 127. The molecule has 0 unspecified atom stereocenters. The van der Waals surface area contributed by atoms with Gasteiger partial charge in [0.1, 0.15) is 0 Å². The molecule has 160 valence electrons. The van der Waals surface area contributed by atoms with Crippen LogP contribution in [-0.2, 0) is 13.1 Å². The fourth-order valence-electron chi connectivity index (χ4n) is 3.14. The number of likely N-dealkylation sites (tertiary alicyclic amines) is 1. The third kappa shape index (κ3) is 10.5. The molecule has 1 heterocycles. The van der Waals surface area contributed by atoms with E-state index in [1.807, 2.05) is 6.92 Å². The summed E-state index contributed by atoms with van der Waals surface area (Å²) in [7, 11) is 0. The highest BCUT2D eigenvalue weighted by Gasteiger charge is 2.26. The molecule has 1 fully saturated rings. The predicted octanol–water partition coefficient (Wildman–Crippen LogP) is 4.69. The number of aliphatic imine (C=N–C) groups is 1. The largest absolute Gasteiger partial charge is 0.390 e. The smallest absolute Gasteiger partial charge is 0.357 e. The maximum Gasteiger partial charge on any atom is 0.390 e. The fraction of sp³-hybridized carbons (Fsp3) is 0.650. The number of hydrogen-bond donors (Lipinski definition) is 2. The first-order chi connectivity index (χ1) is 13.0. The van der Waals surface area contributed by atoms with Crippen LogP contribution in [0.3, 0.4) is 0 Å². The molecule has 0 radical (unpaired) electrons. The topological polar surface area (TPSA) is 39.7 Å². The monoisotopic (exact) mass is 512 g/mol. The summed E-state index contributed by atoms with van der Waals surface area (Å²) in [5.74, 6) is 0.412. The maximum atomic E-state index is 12.3. The Morgan fingerprint density at radius 1 is 1.00 bits per heavy atom. The highest BCUT2D eigenvalue weighted by molar-refractivity contribution is 14.0. The molecule has 0 spiro atoms. The molecule has 0 aromatic heterocycles. The number of guanidine groups is 1. The zero-order valence-corrected chi connectivity index (χ0v) is 18.9. The van der Waals surface area contributed by atoms with Crippen LogP contribution in [0.25, 0.3) is 0 Å². The molecule has 0 atom stereocenters. The van der Waals surface area contributed by atoms with Crippen LogP contribution in [0.4, 0.5) is 13.2 Å². The zero-order valence-electron chi connectivity index (χ0n) is 16.5. The molecule has 1 aromatic rings. The summed E-state index contributed by atoms with van der Waals surface area (Å²) in [6.07, 6.45) is 0.190. The van der Waals surface area contributed by atoms with E-state index in [4.69, 9.17) is 0 Å². The Morgan fingerprint density at radius 3 is 2.18 bits per heavy atom. The van der Waals surface area contributed by atoms with Gasteiger partial charge in [0.15, 0.2) is 5.96 Å². The summed E-state index contributed by atoms with van der Waals surface area (Å²) in [6.45, 7) is 6.06. The van der Waals surface area contributed by atoms with Crippen LogP contribution in [0.5, 0.6) is 0 Å². The highest BCUT2D eigenvalue weighted by Crippen LogP contribution is 2.18. The second-order valence-electron chi connectivity index (χ2n) is 6.99. The number of alkyl halides is 3. The van der Waals surface area contributed by atoms with E-state index >= 15 is 0 Å². The van der Waals surface area contributed by atoms with Crippen LogP contribution < -0.4 is 10.6 Å². The Labute approximate surface area is 183 Å². The minimum Gasteiger partial charge on any atom is -0.357 e. The summed E-state index contributed by atoms with van der Waals surface area (Å²) >= 11 is 0. The molecule has 1 aliphatic rings. The van der Waals surface area contributed by atoms with Crippen LogP contribution in [0, 0.1) is 0 Å². The molecule has 2 N–H and O–H groups in total. The summed E-state index contributed by atoms with van der Waals surface area (Å²) in [6, 6.07) is 8.35. The van der Waals surface area contributed by atoms with Crippen LogP contribution in [0.15, 0.2) is 29.3 Å². The van der Waals surface area contributed by atoms with Gasteiger partial charge in [-0.05, 0) is 44.0 Å².